The molecular weight excluding hydrogens is 260 g/mol. The Morgan fingerprint density at radius 1 is 0.600 bits per heavy atom. The summed E-state index contributed by atoms with van der Waals surface area (Å²) < 4.78 is 0. The van der Waals surface area contributed by atoms with Gasteiger partial charge < -0.3 is 0 Å². The zero-order valence-electron chi connectivity index (χ0n) is 11.2. The van der Waals surface area contributed by atoms with Crippen molar-refractivity contribution >= 4 is 11.8 Å². The van der Waals surface area contributed by atoms with Gasteiger partial charge in [0, 0.05) is 10.6 Å². The highest BCUT2D eigenvalue weighted by Crippen LogP contribution is 2.25. The van der Waals surface area contributed by atoms with Crippen molar-refractivity contribution in [3.8, 4) is 11.1 Å². The van der Waals surface area contributed by atoms with Crippen molar-refractivity contribution in [1.82, 2.24) is 0 Å². The summed E-state index contributed by atoms with van der Waals surface area (Å²) in [5.74, 6) is 1.00. The van der Waals surface area contributed by atoms with Gasteiger partial charge in [0.25, 0.3) is 0 Å². The second-order valence-electron chi connectivity index (χ2n) is 4.67. The molecule has 3 aromatic carbocycles. The molecule has 20 heavy (non-hydrogen) atoms. The molecule has 0 amide bonds. The van der Waals surface area contributed by atoms with E-state index >= 15 is 0 Å². The molecule has 0 nitrogen and oxygen atoms in total. The van der Waals surface area contributed by atoms with E-state index in [4.69, 9.17) is 0 Å². The molecule has 0 bridgehead atoms. The SMILES string of the molecule is c1ccc(SCc2cccc(-c3ccccc3)c2)cc1. The molecule has 1 heteroatoms. The third-order valence-corrected chi connectivity index (χ3v) is 4.27. The van der Waals surface area contributed by atoms with Gasteiger partial charge in [0.05, 0.1) is 0 Å². The van der Waals surface area contributed by atoms with E-state index in [1.165, 1.54) is 21.6 Å². The Labute approximate surface area is 124 Å². The van der Waals surface area contributed by atoms with E-state index in [0.717, 1.165) is 5.75 Å². The predicted octanol–water partition coefficient (Wildman–Crippen LogP) is 5.65. The number of rotatable bonds is 4. The molecule has 0 spiro atoms. The number of hydrogen-bond donors (Lipinski definition) is 0. The largest absolute Gasteiger partial charge is 0.121 e. The fourth-order valence-corrected chi connectivity index (χ4v) is 3.02. The van der Waals surface area contributed by atoms with Crippen molar-refractivity contribution in [2.24, 2.45) is 0 Å². The van der Waals surface area contributed by atoms with Gasteiger partial charge in [-0.2, -0.15) is 0 Å². The van der Waals surface area contributed by atoms with E-state index in [-0.39, 0.29) is 0 Å². The van der Waals surface area contributed by atoms with E-state index in [1.807, 2.05) is 11.8 Å². The van der Waals surface area contributed by atoms with E-state index in [1.54, 1.807) is 0 Å². The Kier molecular flexibility index (Phi) is 4.19. The molecule has 98 valence electrons. The van der Waals surface area contributed by atoms with Gasteiger partial charge in [-0.15, -0.1) is 11.8 Å². The monoisotopic (exact) mass is 276 g/mol. The highest BCUT2D eigenvalue weighted by Gasteiger charge is 2.00. The van der Waals surface area contributed by atoms with Crippen molar-refractivity contribution in [3.05, 3.63) is 90.5 Å². The lowest BCUT2D eigenvalue weighted by Gasteiger charge is -2.06. The van der Waals surface area contributed by atoms with Crippen molar-refractivity contribution in [1.29, 1.82) is 0 Å². The van der Waals surface area contributed by atoms with E-state index in [9.17, 15) is 0 Å². The molecule has 0 aliphatic heterocycles. The first-order chi connectivity index (χ1) is 9.92. The average Bonchev–Trinajstić information content (AvgIpc) is 2.55. The van der Waals surface area contributed by atoms with Crippen LogP contribution < -0.4 is 0 Å². The van der Waals surface area contributed by atoms with E-state index in [2.05, 4.69) is 84.9 Å². The number of hydrogen-bond acceptors (Lipinski definition) is 1. The molecule has 0 saturated carbocycles. The second kappa shape index (κ2) is 6.44. The van der Waals surface area contributed by atoms with Crippen LogP contribution in [-0.2, 0) is 5.75 Å². The van der Waals surface area contributed by atoms with Crippen molar-refractivity contribution in [3.63, 3.8) is 0 Å². The van der Waals surface area contributed by atoms with Crippen molar-refractivity contribution < 1.29 is 0 Å². The first-order valence-corrected chi connectivity index (χ1v) is 7.72. The summed E-state index contributed by atoms with van der Waals surface area (Å²) in [5, 5.41) is 0. The molecule has 0 aliphatic carbocycles. The third-order valence-electron chi connectivity index (χ3n) is 3.18. The normalized spacial score (nSPS) is 10.4. The second-order valence-corrected chi connectivity index (χ2v) is 5.72. The number of benzene rings is 3. The average molecular weight is 276 g/mol. The molecule has 3 aromatic rings. The van der Waals surface area contributed by atoms with Gasteiger partial charge in [0.2, 0.25) is 0 Å². The van der Waals surface area contributed by atoms with Crippen LogP contribution in [0.25, 0.3) is 11.1 Å². The first kappa shape index (κ1) is 13.0. The fraction of sp³-hybridized carbons (Fsp3) is 0.0526. The molecule has 0 aliphatic rings. The van der Waals surface area contributed by atoms with Gasteiger partial charge in [-0.3, -0.25) is 0 Å². The van der Waals surface area contributed by atoms with E-state index < -0.39 is 0 Å². The highest BCUT2D eigenvalue weighted by molar-refractivity contribution is 7.98. The Morgan fingerprint density at radius 2 is 1.25 bits per heavy atom. The minimum absolute atomic E-state index is 1.00. The Balaban J connectivity index is 1.75. The highest BCUT2D eigenvalue weighted by atomic mass is 32.2. The van der Waals surface area contributed by atoms with Gasteiger partial charge in [0.1, 0.15) is 0 Å². The summed E-state index contributed by atoms with van der Waals surface area (Å²) in [6.07, 6.45) is 0. The number of thioether (sulfide) groups is 1. The summed E-state index contributed by atoms with van der Waals surface area (Å²) >= 11 is 1.88. The quantitative estimate of drug-likeness (QED) is 0.555. The van der Waals surface area contributed by atoms with Crippen LogP contribution in [0.3, 0.4) is 0 Å². The van der Waals surface area contributed by atoms with Gasteiger partial charge in [-0.25, -0.2) is 0 Å². The van der Waals surface area contributed by atoms with Crippen molar-refractivity contribution in [2.45, 2.75) is 10.6 Å². The maximum absolute atomic E-state index is 2.28. The van der Waals surface area contributed by atoms with Crippen LogP contribution in [-0.4, -0.2) is 0 Å². The Morgan fingerprint density at radius 3 is 2.00 bits per heavy atom. The van der Waals surface area contributed by atoms with Crippen LogP contribution >= 0.6 is 11.8 Å². The maximum atomic E-state index is 2.28. The lowest BCUT2D eigenvalue weighted by atomic mass is 10.0. The van der Waals surface area contributed by atoms with Crippen molar-refractivity contribution in [2.75, 3.05) is 0 Å². The summed E-state index contributed by atoms with van der Waals surface area (Å²) in [7, 11) is 0. The lowest BCUT2D eigenvalue weighted by molar-refractivity contribution is 1.38. The minimum atomic E-state index is 1.00. The molecule has 0 fully saturated rings. The van der Waals surface area contributed by atoms with Gasteiger partial charge in [0.15, 0.2) is 0 Å². The summed E-state index contributed by atoms with van der Waals surface area (Å²) in [6.45, 7) is 0. The standard InChI is InChI=1S/C19H16S/c1-3-9-17(10-4-1)18-11-7-8-16(14-18)15-20-19-12-5-2-6-13-19/h1-14H,15H2. The first-order valence-electron chi connectivity index (χ1n) is 6.74. The van der Waals surface area contributed by atoms with Crippen LogP contribution in [0.5, 0.6) is 0 Å². The third kappa shape index (κ3) is 3.31. The summed E-state index contributed by atoms with van der Waals surface area (Å²) in [4.78, 5) is 1.32. The van der Waals surface area contributed by atoms with Gasteiger partial charge >= 0.3 is 0 Å². The smallest absolute Gasteiger partial charge is 0.0232 e. The molecule has 0 heterocycles. The topological polar surface area (TPSA) is 0 Å². The lowest BCUT2D eigenvalue weighted by Crippen LogP contribution is -1.83. The van der Waals surface area contributed by atoms with Crippen LogP contribution in [0.15, 0.2) is 89.8 Å². The predicted molar refractivity (Wildman–Crippen MR) is 87.9 cm³/mol. The summed E-state index contributed by atoms with van der Waals surface area (Å²) in [6, 6.07) is 29.9. The maximum Gasteiger partial charge on any atom is 0.0232 e. The molecule has 0 N–H and O–H groups in total. The minimum Gasteiger partial charge on any atom is -0.121 e. The molecule has 0 radical (unpaired) electrons. The van der Waals surface area contributed by atoms with Crippen LogP contribution in [0.4, 0.5) is 0 Å². The van der Waals surface area contributed by atoms with Crippen LogP contribution in [0.1, 0.15) is 5.56 Å². The fourth-order valence-electron chi connectivity index (χ4n) is 2.15. The van der Waals surface area contributed by atoms with Gasteiger partial charge in [-0.05, 0) is 28.8 Å². The zero-order chi connectivity index (χ0) is 13.6. The molecule has 0 atom stereocenters. The Bertz CT molecular complexity index is 660. The molecule has 0 saturated heterocycles. The zero-order valence-corrected chi connectivity index (χ0v) is 12.0. The van der Waals surface area contributed by atoms with Crippen LogP contribution in [0, 0.1) is 0 Å². The van der Waals surface area contributed by atoms with E-state index in [0.29, 0.717) is 0 Å². The molecule has 3 rings (SSSR count). The molecule has 0 unspecified atom stereocenters. The summed E-state index contributed by atoms with van der Waals surface area (Å²) in [5.41, 5.74) is 3.93. The molecular formula is C19H16S. The van der Waals surface area contributed by atoms with Crippen LogP contribution in [0.2, 0.25) is 0 Å². The Hall–Kier alpha value is -1.99. The molecule has 0 aromatic heterocycles. The van der Waals surface area contributed by atoms with Gasteiger partial charge in [-0.1, -0.05) is 72.8 Å².